The molecule has 2 aromatic rings. The smallest absolute Gasteiger partial charge is 0.268 e. The predicted octanol–water partition coefficient (Wildman–Crippen LogP) is 2.71. The van der Waals surface area contributed by atoms with E-state index < -0.39 is 0 Å². The quantitative estimate of drug-likeness (QED) is 0.774. The van der Waals surface area contributed by atoms with Crippen LogP contribution in [0.4, 0.5) is 0 Å². The number of hydrogen-bond acceptors (Lipinski definition) is 4. The number of aromatic hydroxyl groups is 2. The van der Waals surface area contributed by atoms with Crippen LogP contribution in [0, 0.1) is 0 Å². The van der Waals surface area contributed by atoms with Crippen molar-refractivity contribution in [3.63, 3.8) is 0 Å². The molecule has 0 saturated carbocycles. The van der Waals surface area contributed by atoms with Crippen molar-refractivity contribution in [3.8, 4) is 11.5 Å². The minimum Gasteiger partial charge on any atom is -0.504 e. The van der Waals surface area contributed by atoms with Gasteiger partial charge >= 0.3 is 0 Å². The number of nitrogens with zero attached hydrogens (tertiary/aromatic N) is 1. The molecule has 0 aliphatic heterocycles. The van der Waals surface area contributed by atoms with Crippen LogP contribution >= 0.6 is 23.1 Å². The number of aromatic nitrogens is 1. The fourth-order valence-corrected chi connectivity index (χ4v) is 2.77. The van der Waals surface area contributed by atoms with E-state index in [4.69, 9.17) is 11.6 Å². The number of hydrogen-bond donors (Lipinski definition) is 2. The van der Waals surface area contributed by atoms with Gasteiger partial charge in [-0.05, 0) is 19.9 Å². The normalized spacial score (nSPS) is 11.5. The summed E-state index contributed by atoms with van der Waals surface area (Å²) in [4.78, 5) is 11.9. The molecule has 0 aliphatic rings. The maximum atomic E-state index is 11.9. The molecule has 0 spiro atoms. The van der Waals surface area contributed by atoms with Crippen molar-refractivity contribution in [3.05, 3.63) is 21.4 Å². The van der Waals surface area contributed by atoms with Gasteiger partial charge in [0.2, 0.25) is 0 Å². The number of rotatable bonds is 1. The van der Waals surface area contributed by atoms with Crippen LogP contribution in [0.15, 0.2) is 10.9 Å². The van der Waals surface area contributed by atoms with E-state index >= 15 is 0 Å². The molecule has 0 saturated heterocycles. The molecule has 16 heavy (non-hydrogen) atoms. The number of fused-ring (bicyclic) bond motifs is 1. The molecule has 0 fully saturated rings. The standard InChI is InChI=1S/C10H10ClNO3S/c1-4(2)12-10(15)5-3-6(13)8(14)7(11)9(5)16-12/h3-4,13-14H,1-2H3. The molecule has 0 radical (unpaired) electrons. The van der Waals surface area contributed by atoms with E-state index in [-0.39, 0.29) is 28.1 Å². The van der Waals surface area contributed by atoms with Crippen molar-refractivity contribution in [1.82, 2.24) is 3.96 Å². The molecule has 2 rings (SSSR count). The van der Waals surface area contributed by atoms with Crippen LogP contribution in [0.25, 0.3) is 10.1 Å². The van der Waals surface area contributed by atoms with E-state index in [9.17, 15) is 15.0 Å². The molecular weight excluding hydrogens is 250 g/mol. The topological polar surface area (TPSA) is 62.5 Å². The highest BCUT2D eigenvalue weighted by Gasteiger charge is 2.17. The lowest BCUT2D eigenvalue weighted by Gasteiger charge is -2.01. The summed E-state index contributed by atoms with van der Waals surface area (Å²) in [5.74, 6) is -0.755. The van der Waals surface area contributed by atoms with Crippen LogP contribution in [-0.4, -0.2) is 14.2 Å². The molecule has 2 N–H and O–H groups in total. The van der Waals surface area contributed by atoms with Crippen LogP contribution in [0.1, 0.15) is 19.9 Å². The summed E-state index contributed by atoms with van der Waals surface area (Å²) in [6, 6.07) is 1.26. The van der Waals surface area contributed by atoms with Crippen molar-refractivity contribution >= 4 is 33.2 Å². The van der Waals surface area contributed by atoms with Crippen LogP contribution in [0.5, 0.6) is 11.5 Å². The minimum absolute atomic E-state index is 0.0188. The second kappa shape index (κ2) is 3.68. The summed E-state index contributed by atoms with van der Waals surface area (Å²) in [6.45, 7) is 3.76. The molecule has 0 unspecified atom stereocenters. The lowest BCUT2D eigenvalue weighted by atomic mass is 10.2. The highest BCUT2D eigenvalue weighted by Crippen LogP contribution is 2.40. The second-order valence-corrected chi connectivity index (χ2v) is 5.11. The van der Waals surface area contributed by atoms with Gasteiger partial charge in [-0.25, -0.2) is 0 Å². The zero-order chi connectivity index (χ0) is 12.0. The average molecular weight is 260 g/mol. The van der Waals surface area contributed by atoms with Crippen molar-refractivity contribution in [2.45, 2.75) is 19.9 Å². The molecule has 4 nitrogen and oxygen atoms in total. The molecule has 0 bridgehead atoms. The van der Waals surface area contributed by atoms with Gasteiger partial charge < -0.3 is 10.2 Å². The fourth-order valence-electron chi connectivity index (χ4n) is 1.46. The van der Waals surface area contributed by atoms with Crippen molar-refractivity contribution < 1.29 is 10.2 Å². The summed E-state index contributed by atoms with van der Waals surface area (Å²) < 4.78 is 2.05. The van der Waals surface area contributed by atoms with Gasteiger partial charge in [0.15, 0.2) is 11.5 Å². The molecule has 6 heteroatoms. The van der Waals surface area contributed by atoms with Gasteiger partial charge in [0.05, 0.1) is 10.1 Å². The fraction of sp³-hybridized carbons (Fsp3) is 0.300. The van der Waals surface area contributed by atoms with E-state index in [0.29, 0.717) is 10.1 Å². The maximum absolute atomic E-state index is 11.9. The third kappa shape index (κ3) is 1.47. The van der Waals surface area contributed by atoms with Gasteiger partial charge in [-0.15, -0.1) is 0 Å². The lowest BCUT2D eigenvalue weighted by Crippen LogP contribution is -2.14. The molecule has 1 aromatic carbocycles. The summed E-state index contributed by atoms with van der Waals surface area (Å²) in [7, 11) is 0. The van der Waals surface area contributed by atoms with Crippen LogP contribution < -0.4 is 5.56 Å². The largest absolute Gasteiger partial charge is 0.504 e. The third-order valence-electron chi connectivity index (χ3n) is 2.26. The zero-order valence-corrected chi connectivity index (χ0v) is 10.3. The molecule has 0 amide bonds. The van der Waals surface area contributed by atoms with Gasteiger partial charge in [0.1, 0.15) is 5.02 Å². The van der Waals surface area contributed by atoms with E-state index in [1.54, 1.807) is 3.96 Å². The number of halogens is 1. The summed E-state index contributed by atoms with van der Waals surface area (Å²) in [5, 5.41) is 19.2. The Kier molecular flexibility index (Phi) is 2.59. The van der Waals surface area contributed by atoms with Crippen molar-refractivity contribution in [2.75, 3.05) is 0 Å². The van der Waals surface area contributed by atoms with Crippen LogP contribution in [-0.2, 0) is 0 Å². The lowest BCUT2D eigenvalue weighted by molar-refractivity contribution is 0.405. The Morgan fingerprint density at radius 3 is 2.62 bits per heavy atom. The van der Waals surface area contributed by atoms with E-state index in [0.717, 1.165) is 0 Å². The van der Waals surface area contributed by atoms with Crippen molar-refractivity contribution in [1.29, 1.82) is 0 Å². The second-order valence-electron chi connectivity index (χ2n) is 3.75. The average Bonchev–Trinajstić information content (AvgIpc) is 2.54. The van der Waals surface area contributed by atoms with Gasteiger partial charge in [-0.3, -0.25) is 8.75 Å². The van der Waals surface area contributed by atoms with Gasteiger partial charge in [0, 0.05) is 6.04 Å². The maximum Gasteiger partial charge on any atom is 0.268 e. The first kappa shape index (κ1) is 11.3. The van der Waals surface area contributed by atoms with E-state index in [2.05, 4.69) is 0 Å². The summed E-state index contributed by atoms with van der Waals surface area (Å²) in [6.07, 6.45) is 0. The Morgan fingerprint density at radius 2 is 2.06 bits per heavy atom. The highest BCUT2D eigenvalue weighted by molar-refractivity contribution is 7.14. The molecule has 0 aliphatic carbocycles. The monoisotopic (exact) mass is 259 g/mol. The first-order chi connectivity index (χ1) is 7.43. The van der Waals surface area contributed by atoms with Crippen molar-refractivity contribution in [2.24, 2.45) is 0 Å². The highest BCUT2D eigenvalue weighted by atomic mass is 35.5. The third-order valence-corrected chi connectivity index (χ3v) is 4.14. The first-order valence-corrected chi connectivity index (χ1v) is 5.84. The van der Waals surface area contributed by atoms with Crippen LogP contribution in [0.2, 0.25) is 5.02 Å². The summed E-state index contributed by atoms with van der Waals surface area (Å²) >= 11 is 7.05. The molecule has 0 atom stereocenters. The van der Waals surface area contributed by atoms with Gasteiger partial charge in [-0.1, -0.05) is 23.1 Å². The number of phenolic OH excluding ortho intramolecular Hbond substituents is 2. The van der Waals surface area contributed by atoms with E-state index in [1.807, 2.05) is 13.8 Å². The Bertz CT molecular complexity index is 615. The van der Waals surface area contributed by atoms with Gasteiger partial charge in [0.25, 0.3) is 5.56 Å². The molecule has 86 valence electrons. The number of benzene rings is 1. The zero-order valence-electron chi connectivity index (χ0n) is 8.69. The summed E-state index contributed by atoms with van der Waals surface area (Å²) in [5.41, 5.74) is -0.202. The Hall–Kier alpha value is -1.20. The van der Waals surface area contributed by atoms with E-state index in [1.165, 1.54) is 17.6 Å². The molecule has 1 aromatic heterocycles. The van der Waals surface area contributed by atoms with Crippen LogP contribution in [0.3, 0.4) is 0 Å². The number of phenols is 2. The Balaban J connectivity index is 2.93. The SMILES string of the molecule is CC(C)n1sc2c(Cl)c(O)c(O)cc2c1=O. The first-order valence-electron chi connectivity index (χ1n) is 4.69. The minimum atomic E-state index is -0.383. The molecular formula is C10H10ClNO3S. The van der Waals surface area contributed by atoms with Gasteiger partial charge in [-0.2, -0.15) is 0 Å². The predicted molar refractivity (Wildman–Crippen MR) is 64.8 cm³/mol. The molecule has 1 heterocycles. The Labute approximate surface area is 100 Å². The Morgan fingerprint density at radius 1 is 1.44 bits per heavy atom.